The molecule has 0 amide bonds. The van der Waals surface area contributed by atoms with Gasteiger partial charge in [0.25, 0.3) is 0 Å². The van der Waals surface area contributed by atoms with Gasteiger partial charge in [-0.3, -0.25) is 4.99 Å². The second-order valence-electron chi connectivity index (χ2n) is 5.88. The maximum atomic E-state index is 12.9. The molecule has 1 N–H and O–H groups in total. The first kappa shape index (κ1) is 16.1. The van der Waals surface area contributed by atoms with Gasteiger partial charge in [-0.05, 0) is 38.0 Å². The largest absolute Gasteiger partial charge is 0.356 e. The van der Waals surface area contributed by atoms with E-state index in [1.54, 1.807) is 0 Å². The van der Waals surface area contributed by atoms with Crippen LogP contribution in [0.2, 0.25) is 0 Å². The fourth-order valence-electron chi connectivity index (χ4n) is 2.50. The molecule has 1 aromatic carbocycles. The average molecular weight is 309 g/mol. The number of benzene rings is 1. The lowest BCUT2D eigenvalue weighted by atomic mass is 10.1. The molecule has 1 heterocycles. The minimum atomic E-state index is -0.185. The first-order valence-electron chi connectivity index (χ1n) is 7.34. The summed E-state index contributed by atoms with van der Waals surface area (Å²) in [5, 5.41) is 3.41. The molecule has 0 atom stereocenters. The Labute approximate surface area is 131 Å². The normalized spacial score (nSPS) is 18.7. The van der Waals surface area contributed by atoms with Crippen LogP contribution in [-0.4, -0.2) is 48.0 Å². The van der Waals surface area contributed by atoms with Gasteiger partial charge in [-0.2, -0.15) is 11.8 Å². The summed E-state index contributed by atoms with van der Waals surface area (Å²) in [5.74, 6) is 1.91. The minimum Gasteiger partial charge on any atom is -0.356 e. The number of aliphatic imine (C=N–C) groups is 1. The predicted molar refractivity (Wildman–Crippen MR) is 89.6 cm³/mol. The van der Waals surface area contributed by atoms with Crippen molar-refractivity contribution in [3.63, 3.8) is 0 Å². The van der Waals surface area contributed by atoms with Crippen LogP contribution in [0.3, 0.4) is 0 Å². The molecular formula is C16H24FN3S. The molecule has 0 spiro atoms. The van der Waals surface area contributed by atoms with Gasteiger partial charge >= 0.3 is 0 Å². The molecule has 0 unspecified atom stereocenters. The number of hydrogen-bond donors (Lipinski definition) is 1. The van der Waals surface area contributed by atoms with Gasteiger partial charge < -0.3 is 10.2 Å². The lowest BCUT2D eigenvalue weighted by Crippen LogP contribution is -2.51. The highest BCUT2D eigenvalue weighted by Gasteiger charge is 2.28. The summed E-state index contributed by atoms with van der Waals surface area (Å²) in [6.07, 6.45) is 0.866. The van der Waals surface area contributed by atoms with E-state index in [2.05, 4.69) is 29.1 Å². The Bertz CT molecular complexity index is 485. The highest BCUT2D eigenvalue weighted by molar-refractivity contribution is 8.00. The number of thioether (sulfide) groups is 1. The Kier molecular flexibility index (Phi) is 5.51. The molecule has 0 saturated carbocycles. The first-order chi connectivity index (χ1) is 10.00. The van der Waals surface area contributed by atoms with Crippen molar-refractivity contribution in [1.29, 1.82) is 0 Å². The Morgan fingerprint density at radius 1 is 1.38 bits per heavy atom. The van der Waals surface area contributed by atoms with Crippen LogP contribution in [-0.2, 0) is 6.42 Å². The van der Waals surface area contributed by atoms with E-state index >= 15 is 0 Å². The molecule has 0 aromatic heterocycles. The van der Waals surface area contributed by atoms with Gasteiger partial charge in [-0.15, -0.1) is 0 Å². The zero-order chi connectivity index (χ0) is 15.3. The van der Waals surface area contributed by atoms with Crippen LogP contribution in [0.5, 0.6) is 0 Å². The zero-order valence-corrected chi connectivity index (χ0v) is 13.8. The van der Waals surface area contributed by atoms with Crippen LogP contribution in [0.25, 0.3) is 0 Å². The summed E-state index contributed by atoms with van der Waals surface area (Å²) >= 11 is 2.01. The molecule has 0 bridgehead atoms. The van der Waals surface area contributed by atoms with Crippen molar-refractivity contribution in [3.05, 3.63) is 35.6 Å². The molecule has 1 aliphatic heterocycles. The standard InChI is InChI=1S/C16H24FN3S/c1-16(2)12-20(10-11-21-16)15(18-3)19-9-8-13-4-6-14(17)7-5-13/h4-7H,8-12H2,1-3H3,(H,18,19). The van der Waals surface area contributed by atoms with Gasteiger partial charge in [0.1, 0.15) is 5.82 Å². The summed E-state index contributed by atoms with van der Waals surface area (Å²) in [4.78, 5) is 6.71. The Morgan fingerprint density at radius 2 is 2.10 bits per heavy atom. The van der Waals surface area contributed by atoms with Crippen LogP contribution in [0, 0.1) is 5.82 Å². The maximum Gasteiger partial charge on any atom is 0.193 e. The summed E-state index contributed by atoms with van der Waals surface area (Å²) in [6, 6.07) is 6.68. The molecular weight excluding hydrogens is 285 g/mol. The molecule has 2 rings (SSSR count). The summed E-state index contributed by atoms with van der Waals surface area (Å²) in [5.41, 5.74) is 1.13. The summed E-state index contributed by atoms with van der Waals surface area (Å²) < 4.78 is 13.1. The Balaban J connectivity index is 1.84. The summed E-state index contributed by atoms with van der Waals surface area (Å²) in [7, 11) is 1.83. The van der Waals surface area contributed by atoms with E-state index < -0.39 is 0 Å². The van der Waals surface area contributed by atoms with E-state index in [-0.39, 0.29) is 10.6 Å². The molecule has 3 nitrogen and oxygen atoms in total. The quantitative estimate of drug-likeness (QED) is 0.687. The van der Waals surface area contributed by atoms with Crippen LogP contribution in [0.4, 0.5) is 4.39 Å². The first-order valence-corrected chi connectivity index (χ1v) is 8.33. The number of nitrogens with one attached hydrogen (secondary N) is 1. The van der Waals surface area contributed by atoms with Crippen molar-refractivity contribution in [2.24, 2.45) is 4.99 Å². The molecule has 0 aliphatic carbocycles. The number of hydrogen-bond acceptors (Lipinski definition) is 2. The second-order valence-corrected chi connectivity index (χ2v) is 7.68. The number of guanidine groups is 1. The molecule has 0 radical (unpaired) electrons. The molecule has 5 heteroatoms. The van der Waals surface area contributed by atoms with E-state index in [1.807, 2.05) is 30.9 Å². The van der Waals surface area contributed by atoms with E-state index in [0.717, 1.165) is 43.3 Å². The molecule has 1 saturated heterocycles. The van der Waals surface area contributed by atoms with Crippen LogP contribution in [0.1, 0.15) is 19.4 Å². The lowest BCUT2D eigenvalue weighted by Gasteiger charge is -2.39. The Morgan fingerprint density at radius 3 is 2.71 bits per heavy atom. The third-order valence-corrected chi connectivity index (χ3v) is 4.84. The summed E-state index contributed by atoms with van der Waals surface area (Å²) in [6.45, 7) is 7.39. The van der Waals surface area contributed by atoms with Crippen LogP contribution in [0.15, 0.2) is 29.3 Å². The topological polar surface area (TPSA) is 27.6 Å². The Hall–Kier alpha value is -1.23. The zero-order valence-electron chi connectivity index (χ0n) is 13.0. The third-order valence-electron chi connectivity index (χ3n) is 3.55. The van der Waals surface area contributed by atoms with Crippen molar-refractivity contribution < 1.29 is 4.39 Å². The molecule has 1 aromatic rings. The van der Waals surface area contributed by atoms with Gasteiger partial charge in [-0.1, -0.05) is 12.1 Å². The molecule has 21 heavy (non-hydrogen) atoms. The van der Waals surface area contributed by atoms with Gasteiger partial charge in [0.2, 0.25) is 0 Å². The third kappa shape index (κ3) is 4.92. The monoisotopic (exact) mass is 309 g/mol. The van der Waals surface area contributed by atoms with Crippen molar-refractivity contribution in [2.75, 3.05) is 32.4 Å². The number of rotatable bonds is 3. The minimum absolute atomic E-state index is 0.185. The lowest BCUT2D eigenvalue weighted by molar-refractivity contribution is 0.376. The van der Waals surface area contributed by atoms with Gasteiger partial charge in [0.15, 0.2) is 5.96 Å². The highest BCUT2D eigenvalue weighted by Crippen LogP contribution is 2.29. The van der Waals surface area contributed by atoms with Crippen molar-refractivity contribution in [1.82, 2.24) is 10.2 Å². The number of nitrogens with zero attached hydrogens (tertiary/aromatic N) is 2. The second kappa shape index (κ2) is 7.16. The maximum absolute atomic E-state index is 12.9. The van der Waals surface area contributed by atoms with E-state index in [4.69, 9.17) is 0 Å². The fraction of sp³-hybridized carbons (Fsp3) is 0.562. The van der Waals surface area contributed by atoms with Gasteiger partial charge in [0.05, 0.1) is 0 Å². The smallest absolute Gasteiger partial charge is 0.193 e. The molecule has 1 fully saturated rings. The SMILES string of the molecule is CN=C(NCCc1ccc(F)cc1)N1CCSC(C)(C)C1. The van der Waals surface area contributed by atoms with Crippen LogP contribution < -0.4 is 5.32 Å². The van der Waals surface area contributed by atoms with Gasteiger partial charge in [-0.25, -0.2) is 4.39 Å². The fourth-order valence-corrected chi connectivity index (χ4v) is 3.61. The molecule has 116 valence electrons. The van der Waals surface area contributed by atoms with E-state index in [9.17, 15) is 4.39 Å². The van der Waals surface area contributed by atoms with Gasteiger partial charge in [0, 0.05) is 37.2 Å². The van der Waals surface area contributed by atoms with Crippen molar-refractivity contribution in [3.8, 4) is 0 Å². The molecule has 1 aliphatic rings. The van der Waals surface area contributed by atoms with E-state index in [0.29, 0.717) is 0 Å². The average Bonchev–Trinajstić information content (AvgIpc) is 2.44. The van der Waals surface area contributed by atoms with E-state index in [1.165, 1.54) is 12.1 Å². The predicted octanol–water partition coefficient (Wildman–Crippen LogP) is 2.77. The van der Waals surface area contributed by atoms with Crippen LogP contribution >= 0.6 is 11.8 Å². The highest BCUT2D eigenvalue weighted by atomic mass is 32.2. The van der Waals surface area contributed by atoms with Crippen molar-refractivity contribution in [2.45, 2.75) is 25.0 Å². The number of halogens is 1. The van der Waals surface area contributed by atoms with Crippen molar-refractivity contribution >= 4 is 17.7 Å².